The van der Waals surface area contributed by atoms with Crippen LogP contribution in [-0.2, 0) is 29.1 Å². The van der Waals surface area contributed by atoms with Gasteiger partial charge < -0.3 is 9.30 Å². The lowest BCUT2D eigenvalue weighted by molar-refractivity contribution is -0.116. The molecule has 2 aromatic rings. The maximum atomic E-state index is 12.4. The highest BCUT2D eigenvalue weighted by Gasteiger charge is 2.16. The molecule has 1 amide bonds. The van der Waals surface area contributed by atoms with Gasteiger partial charge in [-0.2, -0.15) is 5.26 Å². The van der Waals surface area contributed by atoms with Crippen LogP contribution in [0.3, 0.4) is 0 Å². The Balaban J connectivity index is 2.24. The van der Waals surface area contributed by atoms with Crippen LogP contribution in [-0.4, -0.2) is 27.8 Å². The molecule has 0 spiro atoms. The summed E-state index contributed by atoms with van der Waals surface area (Å²) in [6, 6.07) is 3.56. The SMILES string of the molecule is CCc1nnc(NC(=O)Cn2c(C)cc(COC)c(C#N)c2=O)s1. The molecule has 0 bridgehead atoms. The summed E-state index contributed by atoms with van der Waals surface area (Å²) < 4.78 is 6.26. The molecule has 8 nitrogen and oxygen atoms in total. The Labute approximate surface area is 142 Å². The summed E-state index contributed by atoms with van der Waals surface area (Å²) in [5, 5.41) is 20.8. The monoisotopic (exact) mass is 347 g/mol. The average molecular weight is 347 g/mol. The van der Waals surface area contributed by atoms with Gasteiger partial charge in [-0.1, -0.05) is 18.3 Å². The summed E-state index contributed by atoms with van der Waals surface area (Å²) >= 11 is 1.29. The number of pyridine rings is 1. The van der Waals surface area contributed by atoms with Gasteiger partial charge in [-0.05, 0) is 19.4 Å². The quantitative estimate of drug-likeness (QED) is 0.841. The predicted octanol–water partition coefficient (Wildman–Crippen LogP) is 1.23. The normalized spacial score (nSPS) is 10.4. The van der Waals surface area contributed by atoms with Gasteiger partial charge in [0.15, 0.2) is 0 Å². The van der Waals surface area contributed by atoms with E-state index in [1.54, 1.807) is 13.0 Å². The molecule has 1 N–H and O–H groups in total. The highest BCUT2D eigenvalue weighted by Crippen LogP contribution is 2.15. The number of hydrogen-bond acceptors (Lipinski definition) is 7. The van der Waals surface area contributed by atoms with E-state index in [4.69, 9.17) is 4.74 Å². The highest BCUT2D eigenvalue weighted by molar-refractivity contribution is 7.15. The molecule has 0 aliphatic carbocycles. The fraction of sp³-hybridized carbons (Fsp3) is 0.400. The molecular formula is C15H17N5O3S. The van der Waals surface area contributed by atoms with E-state index in [1.165, 1.54) is 23.0 Å². The van der Waals surface area contributed by atoms with E-state index in [0.717, 1.165) is 11.4 Å². The molecule has 0 aliphatic heterocycles. The van der Waals surface area contributed by atoms with Crippen LogP contribution in [0.1, 0.15) is 28.8 Å². The fourth-order valence-corrected chi connectivity index (χ4v) is 2.87. The third kappa shape index (κ3) is 3.84. The Bertz CT molecular complexity index is 850. The summed E-state index contributed by atoms with van der Waals surface area (Å²) in [5.41, 5.74) is 0.564. The van der Waals surface area contributed by atoms with Gasteiger partial charge in [0, 0.05) is 18.4 Å². The molecule has 0 fully saturated rings. The van der Waals surface area contributed by atoms with E-state index in [0.29, 0.717) is 16.4 Å². The van der Waals surface area contributed by atoms with Crippen LogP contribution in [0, 0.1) is 18.3 Å². The first-order valence-corrected chi connectivity index (χ1v) is 8.06. The minimum absolute atomic E-state index is 0.0144. The zero-order valence-corrected chi connectivity index (χ0v) is 14.4. The molecule has 0 atom stereocenters. The molecule has 2 rings (SSSR count). The van der Waals surface area contributed by atoms with E-state index in [9.17, 15) is 14.9 Å². The van der Waals surface area contributed by atoms with Crippen molar-refractivity contribution in [3.05, 3.63) is 38.2 Å². The third-order valence-electron chi connectivity index (χ3n) is 3.32. The molecular weight excluding hydrogens is 330 g/mol. The molecule has 0 aromatic carbocycles. The first-order chi connectivity index (χ1) is 11.5. The molecule has 2 aromatic heterocycles. The number of anilines is 1. The Morgan fingerprint density at radius 1 is 1.50 bits per heavy atom. The van der Waals surface area contributed by atoms with Crippen LogP contribution >= 0.6 is 11.3 Å². The number of ether oxygens (including phenoxy) is 1. The van der Waals surface area contributed by atoms with Gasteiger partial charge >= 0.3 is 0 Å². The van der Waals surface area contributed by atoms with Crippen LogP contribution in [0.15, 0.2) is 10.9 Å². The van der Waals surface area contributed by atoms with Gasteiger partial charge in [-0.15, -0.1) is 10.2 Å². The zero-order valence-electron chi connectivity index (χ0n) is 13.6. The standard InChI is InChI=1S/C15H17N5O3S/c1-4-13-18-19-15(24-13)17-12(21)7-20-9(2)5-10(8-23-3)11(6-16)14(20)22/h5H,4,7-8H2,1-3H3,(H,17,19,21). The Morgan fingerprint density at radius 3 is 2.83 bits per heavy atom. The number of hydrogen-bond donors (Lipinski definition) is 1. The number of nitriles is 1. The van der Waals surface area contributed by atoms with E-state index in [2.05, 4.69) is 15.5 Å². The molecule has 126 valence electrons. The maximum Gasteiger partial charge on any atom is 0.269 e. The second-order valence-electron chi connectivity index (χ2n) is 5.02. The Hall–Kier alpha value is -2.57. The molecule has 0 radical (unpaired) electrons. The number of rotatable bonds is 6. The summed E-state index contributed by atoms with van der Waals surface area (Å²) in [6.07, 6.45) is 0.735. The van der Waals surface area contributed by atoms with Crippen molar-refractivity contribution in [2.75, 3.05) is 12.4 Å². The molecule has 9 heteroatoms. The van der Waals surface area contributed by atoms with E-state index in [-0.39, 0.29) is 18.7 Å². The zero-order chi connectivity index (χ0) is 17.7. The van der Waals surface area contributed by atoms with Crippen molar-refractivity contribution in [1.82, 2.24) is 14.8 Å². The van der Waals surface area contributed by atoms with Gasteiger partial charge in [0.25, 0.3) is 5.56 Å². The molecule has 24 heavy (non-hydrogen) atoms. The number of nitrogens with zero attached hydrogens (tertiary/aromatic N) is 4. The first-order valence-electron chi connectivity index (χ1n) is 7.24. The first kappa shape index (κ1) is 17.8. The van der Waals surface area contributed by atoms with Crippen LogP contribution in [0.5, 0.6) is 0 Å². The van der Waals surface area contributed by atoms with Crippen LogP contribution in [0.25, 0.3) is 0 Å². The van der Waals surface area contributed by atoms with E-state index >= 15 is 0 Å². The number of amides is 1. The van der Waals surface area contributed by atoms with Crippen LogP contribution in [0.4, 0.5) is 5.13 Å². The van der Waals surface area contributed by atoms with Crippen molar-refractivity contribution in [2.24, 2.45) is 0 Å². The lowest BCUT2D eigenvalue weighted by Crippen LogP contribution is -2.31. The number of carbonyl (C=O) groups is 1. The Kier molecular flexibility index (Phi) is 5.78. The van der Waals surface area contributed by atoms with Crippen LogP contribution in [0.2, 0.25) is 0 Å². The largest absolute Gasteiger partial charge is 0.380 e. The third-order valence-corrected chi connectivity index (χ3v) is 4.30. The summed E-state index contributed by atoms with van der Waals surface area (Å²) in [7, 11) is 1.49. The van der Waals surface area contributed by atoms with Gasteiger partial charge in [0.2, 0.25) is 11.0 Å². The lowest BCUT2D eigenvalue weighted by atomic mass is 10.1. The number of carbonyl (C=O) groups excluding carboxylic acids is 1. The second kappa shape index (κ2) is 7.81. The summed E-state index contributed by atoms with van der Waals surface area (Å²) in [5.74, 6) is -0.401. The van der Waals surface area contributed by atoms with Crippen molar-refractivity contribution < 1.29 is 9.53 Å². The average Bonchev–Trinajstić information content (AvgIpc) is 2.99. The highest BCUT2D eigenvalue weighted by atomic mass is 32.1. The molecule has 0 saturated heterocycles. The summed E-state index contributed by atoms with van der Waals surface area (Å²) in [4.78, 5) is 24.6. The van der Waals surface area contributed by atoms with E-state index < -0.39 is 11.5 Å². The molecule has 0 aliphatic rings. The smallest absolute Gasteiger partial charge is 0.269 e. The fourth-order valence-electron chi connectivity index (χ4n) is 2.17. The minimum atomic E-state index is -0.508. The van der Waals surface area contributed by atoms with Crippen molar-refractivity contribution in [2.45, 2.75) is 33.4 Å². The molecule has 0 saturated carbocycles. The molecule has 2 heterocycles. The van der Waals surface area contributed by atoms with Crippen LogP contribution < -0.4 is 10.9 Å². The number of nitrogens with one attached hydrogen (secondary N) is 1. The van der Waals surface area contributed by atoms with Gasteiger partial charge in [-0.25, -0.2) is 0 Å². The summed E-state index contributed by atoms with van der Waals surface area (Å²) in [6.45, 7) is 3.61. The number of aromatic nitrogens is 3. The van der Waals surface area contributed by atoms with Crippen molar-refractivity contribution in [3.63, 3.8) is 0 Å². The number of aryl methyl sites for hydroxylation is 2. The van der Waals surface area contributed by atoms with Gasteiger partial charge in [0.1, 0.15) is 23.2 Å². The van der Waals surface area contributed by atoms with E-state index in [1.807, 2.05) is 13.0 Å². The van der Waals surface area contributed by atoms with Crippen molar-refractivity contribution in [3.8, 4) is 6.07 Å². The minimum Gasteiger partial charge on any atom is -0.380 e. The topological polar surface area (TPSA) is 110 Å². The van der Waals surface area contributed by atoms with Gasteiger partial charge in [-0.3, -0.25) is 14.9 Å². The second-order valence-corrected chi connectivity index (χ2v) is 6.09. The Morgan fingerprint density at radius 2 is 2.25 bits per heavy atom. The lowest BCUT2D eigenvalue weighted by Gasteiger charge is -2.12. The number of methoxy groups -OCH3 is 1. The van der Waals surface area contributed by atoms with Crippen molar-refractivity contribution >= 4 is 22.4 Å². The molecule has 0 unspecified atom stereocenters. The maximum absolute atomic E-state index is 12.4. The van der Waals surface area contributed by atoms with Gasteiger partial charge in [0.05, 0.1) is 6.61 Å². The van der Waals surface area contributed by atoms with Crippen molar-refractivity contribution in [1.29, 1.82) is 5.26 Å². The predicted molar refractivity (Wildman–Crippen MR) is 88.8 cm³/mol.